The summed E-state index contributed by atoms with van der Waals surface area (Å²) >= 11 is 0. The zero-order valence-corrected chi connectivity index (χ0v) is 17.3. The summed E-state index contributed by atoms with van der Waals surface area (Å²) in [6.07, 6.45) is 3.03. The zero-order chi connectivity index (χ0) is 20.4. The molecule has 0 fully saturated rings. The number of carbonyl (C=O) groups excluding carboxylic acids is 2. The molecule has 1 N–H and O–H groups in total. The van der Waals surface area contributed by atoms with E-state index in [0.29, 0.717) is 25.9 Å². The van der Waals surface area contributed by atoms with Crippen molar-refractivity contribution in [3.8, 4) is 0 Å². The maximum absolute atomic E-state index is 13.0. The fraction of sp³-hybridized carbons (Fsp3) is 0.417. The number of rotatable bonds is 10. The topological polar surface area (TPSA) is 49.4 Å². The second-order valence-electron chi connectivity index (χ2n) is 7.31. The molecule has 4 heteroatoms. The molecule has 2 rings (SSSR count). The Hall–Kier alpha value is -2.62. The monoisotopic (exact) mass is 380 g/mol. The predicted octanol–water partition coefficient (Wildman–Crippen LogP) is 4.26. The largest absolute Gasteiger partial charge is 0.354 e. The van der Waals surface area contributed by atoms with Crippen LogP contribution in [0, 0.1) is 6.92 Å². The van der Waals surface area contributed by atoms with Crippen molar-refractivity contribution in [2.24, 2.45) is 0 Å². The standard InChI is InChI=1S/C24H32N2O2/c1-4-5-17-25-24(28)20(3)26(18-22-13-11-19(2)12-14-22)23(27)16-15-21-9-7-6-8-10-21/h6-14,20H,4-5,15-18H2,1-3H3,(H,25,28)/t20-/m1/s1. The number of benzene rings is 2. The van der Waals surface area contributed by atoms with Crippen LogP contribution in [0.25, 0.3) is 0 Å². The first-order valence-corrected chi connectivity index (χ1v) is 10.2. The summed E-state index contributed by atoms with van der Waals surface area (Å²) in [5.41, 5.74) is 3.34. The minimum atomic E-state index is -0.499. The van der Waals surface area contributed by atoms with Gasteiger partial charge in [-0.25, -0.2) is 0 Å². The van der Waals surface area contributed by atoms with Gasteiger partial charge < -0.3 is 10.2 Å². The lowest BCUT2D eigenvalue weighted by molar-refractivity contribution is -0.140. The van der Waals surface area contributed by atoms with Gasteiger partial charge in [0.25, 0.3) is 0 Å². The summed E-state index contributed by atoms with van der Waals surface area (Å²) < 4.78 is 0. The highest BCUT2D eigenvalue weighted by atomic mass is 16.2. The van der Waals surface area contributed by atoms with E-state index < -0.39 is 6.04 Å². The molecule has 0 unspecified atom stereocenters. The van der Waals surface area contributed by atoms with Crippen molar-refractivity contribution in [3.63, 3.8) is 0 Å². The van der Waals surface area contributed by atoms with Crippen molar-refractivity contribution in [2.45, 2.75) is 59.0 Å². The second kappa shape index (κ2) is 11.3. The van der Waals surface area contributed by atoms with E-state index in [9.17, 15) is 9.59 Å². The fourth-order valence-corrected chi connectivity index (χ4v) is 3.05. The lowest BCUT2D eigenvalue weighted by Gasteiger charge is -2.29. The van der Waals surface area contributed by atoms with Crippen LogP contribution in [0.3, 0.4) is 0 Å². The number of nitrogens with zero attached hydrogens (tertiary/aromatic N) is 1. The van der Waals surface area contributed by atoms with Gasteiger partial charge in [0, 0.05) is 19.5 Å². The third-order valence-electron chi connectivity index (χ3n) is 4.94. The number of unbranched alkanes of at least 4 members (excludes halogenated alkanes) is 1. The third-order valence-corrected chi connectivity index (χ3v) is 4.94. The molecular formula is C24H32N2O2. The average Bonchev–Trinajstić information content (AvgIpc) is 2.72. The lowest BCUT2D eigenvalue weighted by Crippen LogP contribution is -2.47. The van der Waals surface area contributed by atoms with Crippen LogP contribution in [-0.2, 0) is 22.6 Å². The predicted molar refractivity (Wildman–Crippen MR) is 114 cm³/mol. The molecule has 2 amide bonds. The molecule has 0 aromatic heterocycles. The summed E-state index contributed by atoms with van der Waals surface area (Å²) in [7, 11) is 0. The van der Waals surface area contributed by atoms with E-state index in [1.54, 1.807) is 4.90 Å². The highest BCUT2D eigenvalue weighted by molar-refractivity contribution is 5.87. The molecule has 0 spiro atoms. The Bertz CT molecular complexity index is 741. The van der Waals surface area contributed by atoms with E-state index in [1.165, 1.54) is 5.56 Å². The van der Waals surface area contributed by atoms with E-state index in [0.717, 1.165) is 24.0 Å². The smallest absolute Gasteiger partial charge is 0.242 e. The molecule has 1 atom stereocenters. The number of nitrogens with one attached hydrogen (secondary N) is 1. The van der Waals surface area contributed by atoms with Crippen molar-refractivity contribution in [1.29, 1.82) is 0 Å². The summed E-state index contributed by atoms with van der Waals surface area (Å²) in [5.74, 6) is -0.0869. The lowest BCUT2D eigenvalue weighted by atomic mass is 10.1. The van der Waals surface area contributed by atoms with E-state index in [-0.39, 0.29) is 11.8 Å². The third kappa shape index (κ3) is 6.84. The number of hydrogen-bond acceptors (Lipinski definition) is 2. The fourth-order valence-electron chi connectivity index (χ4n) is 3.05. The van der Waals surface area contributed by atoms with E-state index >= 15 is 0 Å². The Morgan fingerprint density at radius 2 is 1.68 bits per heavy atom. The van der Waals surface area contributed by atoms with Crippen LogP contribution >= 0.6 is 0 Å². The molecule has 0 radical (unpaired) electrons. The number of carbonyl (C=O) groups is 2. The number of amides is 2. The molecule has 0 aliphatic rings. The summed E-state index contributed by atoms with van der Waals surface area (Å²) in [6.45, 7) is 7.03. The van der Waals surface area contributed by atoms with Crippen LogP contribution in [0.4, 0.5) is 0 Å². The van der Waals surface area contributed by atoms with Gasteiger partial charge >= 0.3 is 0 Å². The van der Waals surface area contributed by atoms with Crippen LogP contribution in [0.15, 0.2) is 54.6 Å². The molecule has 0 heterocycles. The summed E-state index contributed by atoms with van der Waals surface area (Å²) in [6, 6.07) is 17.6. The normalized spacial score (nSPS) is 11.7. The zero-order valence-electron chi connectivity index (χ0n) is 17.3. The molecule has 0 aliphatic heterocycles. The molecule has 0 saturated heterocycles. The molecule has 0 aliphatic carbocycles. The Labute approximate surface area is 169 Å². The summed E-state index contributed by atoms with van der Waals surface area (Å²) in [4.78, 5) is 27.3. The SMILES string of the molecule is CCCCNC(=O)[C@@H](C)N(Cc1ccc(C)cc1)C(=O)CCc1ccccc1. The van der Waals surface area contributed by atoms with Crippen LogP contribution in [-0.4, -0.2) is 29.3 Å². The second-order valence-corrected chi connectivity index (χ2v) is 7.31. The molecule has 28 heavy (non-hydrogen) atoms. The van der Waals surface area contributed by atoms with E-state index in [4.69, 9.17) is 0 Å². The minimum Gasteiger partial charge on any atom is -0.354 e. The van der Waals surface area contributed by atoms with Gasteiger partial charge in [-0.05, 0) is 37.8 Å². The highest BCUT2D eigenvalue weighted by Crippen LogP contribution is 2.14. The average molecular weight is 381 g/mol. The molecule has 2 aromatic rings. The first kappa shape index (κ1) is 21.7. The molecule has 2 aromatic carbocycles. The van der Waals surface area contributed by atoms with Crippen molar-refractivity contribution >= 4 is 11.8 Å². The Morgan fingerprint density at radius 1 is 1.00 bits per heavy atom. The first-order valence-electron chi connectivity index (χ1n) is 10.2. The van der Waals surface area contributed by atoms with Gasteiger partial charge in [-0.3, -0.25) is 9.59 Å². The van der Waals surface area contributed by atoms with Gasteiger partial charge in [-0.1, -0.05) is 73.5 Å². The molecule has 150 valence electrons. The highest BCUT2D eigenvalue weighted by Gasteiger charge is 2.25. The molecule has 0 saturated carbocycles. The van der Waals surface area contributed by atoms with E-state index in [2.05, 4.69) is 12.2 Å². The molecular weight excluding hydrogens is 348 g/mol. The van der Waals surface area contributed by atoms with Gasteiger partial charge in [-0.2, -0.15) is 0 Å². The van der Waals surface area contributed by atoms with Crippen molar-refractivity contribution < 1.29 is 9.59 Å². The Morgan fingerprint density at radius 3 is 2.32 bits per heavy atom. The van der Waals surface area contributed by atoms with Crippen LogP contribution < -0.4 is 5.32 Å². The number of aryl methyl sites for hydroxylation is 2. The van der Waals surface area contributed by atoms with Crippen molar-refractivity contribution in [1.82, 2.24) is 10.2 Å². The van der Waals surface area contributed by atoms with Crippen LogP contribution in [0.1, 0.15) is 49.8 Å². The maximum Gasteiger partial charge on any atom is 0.242 e. The van der Waals surface area contributed by atoms with Crippen LogP contribution in [0.5, 0.6) is 0 Å². The molecule has 4 nitrogen and oxygen atoms in total. The van der Waals surface area contributed by atoms with Gasteiger partial charge in [0.15, 0.2) is 0 Å². The van der Waals surface area contributed by atoms with Gasteiger partial charge in [-0.15, -0.1) is 0 Å². The first-order chi connectivity index (χ1) is 13.5. The van der Waals surface area contributed by atoms with Gasteiger partial charge in [0.1, 0.15) is 6.04 Å². The quantitative estimate of drug-likeness (QED) is 0.626. The Balaban J connectivity index is 2.08. The van der Waals surface area contributed by atoms with E-state index in [1.807, 2.05) is 68.4 Å². The minimum absolute atomic E-state index is 0.00238. The molecule has 0 bridgehead atoms. The van der Waals surface area contributed by atoms with Crippen molar-refractivity contribution in [3.05, 3.63) is 71.3 Å². The van der Waals surface area contributed by atoms with Crippen molar-refractivity contribution in [2.75, 3.05) is 6.54 Å². The van der Waals surface area contributed by atoms with Gasteiger partial charge in [0.05, 0.1) is 0 Å². The maximum atomic E-state index is 13.0. The number of hydrogen-bond donors (Lipinski definition) is 1. The Kier molecular flexibility index (Phi) is 8.73. The summed E-state index contributed by atoms with van der Waals surface area (Å²) in [5, 5.41) is 2.95. The van der Waals surface area contributed by atoms with Crippen LogP contribution in [0.2, 0.25) is 0 Å². The van der Waals surface area contributed by atoms with Gasteiger partial charge in [0.2, 0.25) is 11.8 Å².